The van der Waals surface area contributed by atoms with Gasteiger partial charge in [-0.25, -0.2) is 4.79 Å². The SMILES string of the molecule is C[C@@H]1O[C@@H](O[C@H]2[C@@H](O)[C@H](OCCc3ccc(O)c(O)c3)O[C@H](CO)[C@H]2OC(=O)C=Cc2ccc(O)c(O)c2)[C@H](O)[C@H](O)[C@H]1O. The van der Waals surface area contributed by atoms with E-state index in [0.717, 1.165) is 6.08 Å². The molecular weight excluding hydrogens is 588 g/mol. The van der Waals surface area contributed by atoms with Gasteiger partial charge in [0.2, 0.25) is 0 Å². The fourth-order valence-corrected chi connectivity index (χ4v) is 4.76. The fraction of sp³-hybridized carbons (Fsp3) is 0.483. The van der Waals surface area contributed by atoms with E-state index in [2.05, 4.69) is 0 Å². The number of aromatic hydroxyl groups is 4. The van der Waals surface area contributed by atoms with E-state index in [1.807, 2.05) is 0 Å². The van der Waals surface area contributed by atoms with Crippen LogP contribution >= 0.6 is 0 Å². The number of phenols is 4. The number of aliphatic hydroxyl groups is 5. The van der Waals surface area contributed by atoms with Crippen LogP contribution in [0.5, 0.6) is 23.0 Å². The molecule has 10 atom stereocenters. The molecule has 2 saturated heterocycles. The van der Waals surface area contributed by atoms with Crippen molar-refractivity contribution >= 4 is 12.0 Å². The molecule has 242 valence electrons. The molecule has 0 unspecified atom stereocenters. The zero-order chi connectivity index (χ0) is 32.1. The lowest BCUT2D eigenvalue weighted by Crippen LogP contribution is -2.65. The molecule has 2 aliphatic rings. The highest BCUT2D eigenvalue weighted by Crippen LogP contribution is 2.32. The maximum Gasteiger partial charge on any atom is 0.331 e. The Bertz CT molecular complexity index is 1300. The molecule has 0 spiro atoms. The van der Waals surface area contributed by atoms with Gasteiger partial charge in [0, 0.05) is 6.08 Å². The Morgan fingerprint density at radius 3 is 2.16 bits per heavy atom. The number of esters is 1. The molecule has 0 aliphatic carbocycles. The number of aliphatic hydroxyl groups excluding tert-OH is 5. The molecule has 15 nitrogen and oxygen atoms in total. The number of ether oxygens (including phenoxy) is 5. The van der Waals surface area contributed by atoms with Crippen molar-refractivity contribution in [3.8, 4) is 23.0 Å². The minimum absolute atomic E-state index is 0.0754. The summed E-state index contributed by atoms with van der Waals surface area (Å²) in [5.41, 5.74) is 0.914. The lowest BCUT2D eigenvalue weighted by atomic mass is 9.97. The van der Waals surface area contributed by atoms with Crippen molar-refractivity contribution < 1.29 is 74.4 Å². The minimum atomic E-state index is -1.77. The Hall–Kier alpha value is -3.51. The van der Waals surface area contributed by atoms with Gasteiger partial charge in [0.1, 0.15) is 36.6 Å². The minimum Gasteiger partial charge on any atom is -0.504 e. The summed E-state index contributed by atoms with van der Waals surface area (Å²) in [4.78, 5) is 12.8. The second-order valence-corrected chi connectivity index (χ2v) is 10.4. The summed E-state index contributed by atoms with van der Waals surface area (Å²) in [6.07, 6.45) is -12.6. The third-order valence-corrected chi connectivity index (χ3v) is 7.27. The number of phenolic OH excluding ortho intramolecular Hbond substituents is 4. The van der Waals surface area contributed by atoms with Crippen molar-refractivity contribution in [1.82, 2.24) is 0 Å². The topological polar surface area (TPSA) is 245 Å². The molecule has 2 fully saturated rings. The van der Waals surface area contributed by atoms with Gasteiger partial charge in [-0.15, -0.1) is 0 Å². The first kappa shape index (κ1) is 33.4. The van der Waals surface area contributed by atoms with Crippen LogP contribution in [0.2, 0.25) is 0 Å². The lowest BCUT2D eigenvalue weighted by Gasteiger charge is -2.46. The zero-order valence-corrected chi connectivity index (χ0v) is 23.5. The van der Waals surface area contributed by atoms with E-state index < -0.39 is 79.7 Å². The van der Waals surface area contributed by atoms with Crippen molar-refractivity contribution in [3.05, 3.63) is 53.6 Å². The van der Waals surface area contributed by atoms with E-state index in [1.54, 1.807) is 6.07 Å². The molecule has 0 radical (unpaired) electrons. The van der Waals surface area contributed by atoms with Crippen LogP contribution in [0.3, 0.4) is 0 Å². The average Bonchev–Trinajstić information content (AvgIpc) is 2.99. The van der Waals surface area contributed by atoms with Gasteiger partial charge in [0.25, 0.3) is 0 Å². The molecule has 0 bridgehead atoms. The molecule has 44 heavy (non-hydrogen) atoms. The third kappa shape index (κ3) is 7.76. The molecule has 2 aromatic carbocycles. The number of rotatable bonds is 10. The predicted molar refractivity (Wildman–Crippen MR) is 147 cm³/mol. The molecule has 0 saturated carbocycles. The van der Waals surface area contributed by atoms with Crippen molar-refractivity contribution in [2.24, 2.45) is 0 Å². The molecule has 15 heteroatoms. The molecular formula is C29H36O15. The first-order chi connectivity index (χ1) is 20.9. The quantitative estimate of drug-likeness (QED) is 0.0873. The Morgan fingerprint density at radius 1 is 0.818 bits per heavy atom. The van der Waals surface area contributed by atoms with E-state index in [9.17, 15) is 50.8 Å². The van der Waals surface area contributed by atoms with E-state index in [-0.39, 0.29) is 30.3 Å². The highest BCUT2D eigenvalue weighted by atomic mass is 16.7. The van der Waals surface area contributed by atoms with E-state index in [0.29, 0.717) is 11.1 Å². The van der Waals surface area contributed by atoms with Crippen LogP contribution in [-0.4, -0.2) is 127 Å². The third-order valence-electron chi connectivity index (χ3n) is 7.27. The first-order valence-corrected chi connectivity index (χ1v) is 13.7. The van der Waals surface area contributed by atoms with Crippen LogP contribution in [0.4, 0.5) is 0 Å². The second-order valence-electron chi connectivity index (χ2n) is 10.4. The summed E-state index contributed by atoms with van der Waals surface area (Å²) in [7, 11) is 0. The number of hydrogen-bond donors (Lipinski definition) is 9. The van der Waals surface area contributed by atoms with Crippen LogP contribution in [0.25, 0.3) is 6.08 Å². The highest BCUT2D eigenvalue weighted by molar-refractivity contribution is 5.87. The summed E-state index contributed by atoms with van der Waals surface area (Å²) in [5.74, 6) is -2.40. The number of carbonyl (C=O) groups is 1. The summed E-state index contributed by atoms with van der Waals surface area (Å²) in [5, 5.41) is 90.5. The zero-order valence-electron chi connectivity index (χ0n) is 23.5. The van der Waals surface area contributed by atoms with Crippen LogP contribution in [0, 0.1) is 0 Å². The second kappa shape index (κ2) is 14.5. The summed E-state index contributed by atoms with van der Waals surface area (Å²) in [6, 6.07) is 7.98. The summed E-state index contributed by atoms with van der Waals surface area (Å²) < 4.78 is 28.2. The Labute approximate surface area is 251 Å². The number of carbonyl (C=O) groups excluding carboxylic acids is 1. The van der Waals surface area contributed by atoms with Gasteiger partial charge in [0.05, 0.1) is 19.3 Å². The predicted octanol–water partition coefficient (Wildman–Crippen LogP) is -1.02. The molecule has 4 rings (SSSR count). The maximum atomic E-state index is 12.8. The number of hydrogen-bond acceptors (Lipinski definition) is 15. The van der Waals surface area contributed by atoms with Crippen molar-refractivity contribution in [3.63, 3.8) is 0 Å². The molecule has 2 heterocycles. The van der Waals surface area contributed by atoms with Crippen LogP contribution in [0.1, 0.15) is 18.1 Å². The smallest absolute Gasteiger partial charge is 0.331 e. The van der Waals surface area contributed by atoms with Gasteiger partial charge < -0.3 is 69.6 Å². The van der Waals surface area contributed by atoms with Gasteiger partial charge in [-0.05, 0) is 54.8 Å². The highest BCUT2D eigenvalue weighted by Gasteiger charge is 2.52. The maximum absolute atomic E-state index is 12.8. The normalized spacial score (nSPS) is 32.5. The molecule has 2 aliphatic heterocycles. The average molecular weight is 625 g/mol. The lowest BCUT2D eigenvalue weighted by molar-refractivity contribution is -0.357. The van der Waals surface area contributed by atoms with Crippen LogP contribution in [0.15, 0.2) is 42.5 Å². The van der Waals surface area contributed by atoms with Crippen LogP contribution < -0.4 is 0 Å². The summed E-state index contributed by atoms with van der Waals surface area (Å²) in [6.45, 7) is 0.606. The van der Waals surface area contributed by atoms with E-state index in [1.165, 1.54) is 43.3 Å². The summed E-state index contributed by atoms with van der Waals surface area (Å²) >= 11 is 0. The molecule has 0 amide bonds. The fourth-order valence-electron chi connectivity index (χ4n) is 4.76. The molecule has 9 N–H and O–H groups in total. The van der Waals surface area contributed by atoms with E-state index in [4.69, 9.17) is 23.7 Å². The van der Waals surface area contributed by atoms with E-state index >= 15 is 0 Å². The largest absolute Gasteiger partial charge is 0.504 e. The monoisotopic (exact) mass is 624 g/mol. The molecule has 0 aromatic heterocycles. The van der Waals surface area contributed by atoms with Crippen LogP contribution in [-0.2, 0) is 34.9 Å². The molecule has 2 aromatic rings. The van der Waals surface area contributed by atoms with Gasteiger partial charge in [-0.1, -0.05) is 12.1 Å². The standard InChI is InChI=1S/C29H36O15/c1-13-22(36)23(37)24(38)29(41-13)44-27-25(39)28(40-9-8-15-3-6-17(32)19(34)11-15)42-20(12-30)26(27)43-21(35)7-4-14-2-5-16(31)18(33)10-14/h2-7,10-11,13,20,22-34,36-39H,8-9,12H2,1H3/t13-,20+,22-,23+,24+,25+,26+,27-,28+,29-/m0/s1. The van der Waals surface area contributed by atoms with Crippen molar-refractivity contribution in [2.75, 3.05) is 13.2 Å². The Kier molecular flexibility index (Phi) is 11.0. The Morgan fingerprint density at radius 2 is 1.50 bits per heavy atom. The first-order valence-electron chi connectivity index (χ1n) is 13.7. The van der Waals surface area contributed by atoms with Crippen molar-refractivity contribution in [2.45, 2.75) is 74.8 Å². The van der Waals surface area contributed by atoms with Gasteiger partial charge in [0.15, 0.2) is 41.7 Å². The van der Waals surface area contributed by atoms with Gasteiger partial charge in [-0.3, -0.25) is 0 Å². The van der Waals surface area contributed by atoms with Gasteiger partial charge >= 0.3 is 5.97 Å². The van der Waals surface area contributed by atoms with Gasteiger partial charge in [-0.2, -0.15) is 0 Å². The Balaban J connectivity index is 1.52. The van der Waals surface area contributed by atoms with Crippen molar-refractivity contribution in [1.29, 1.82) is 0 Å². The number of benzene rings is 2.